The van der Waals surface area contributed by atoms with Crippen molar-refractivity contribution in [3.05, 3.63) is 0 Å². The molecule has 4 atom stereocenters. The third-order valence-electron chi connectivity index (χ3n) is 2.56. The maximum absolute atomic E-state index is 8.39. The van der Waals surface area contributed by atoms with Gasteiger partial charge in [-0.15, -0.1) is 0 Å². The van der Waals surface area contributed by atoms with Gasteiger partial charge in [0.05, 0.1) is 37.4 Å². The normalized spacial score (nSPS) is 31.2. The van der Waals surface area contributed by atoms with Crippen LogP contribution in [-0.4, -0.2) is 31.6 Å². The maximum atomic E-state index is 8.39. The van der Waals surface area contributed by atoms with Crippen LogP contribution in [0.1, 0.15) is 33.1 Å². The Morgan fingerprint density at radius 1 is 1.56 bits per heavy atom. The van der Waals surface area contributed by atoms with E-state index in [9.17, 15) is 0 Å². The van der Waals surface area contributed by atoms with Crippen molar-refractivity contribution in [2.24, 2.45) is 0 Å². The van der Waals surface area contributed by atoms with Crippen molar-refractivity contribution in [3.8, 4) is 6.07 Å². The fraction of sp³-hybridized carbons (Fsp3) is 0.909. The van der Waals surface area contributed by atoms with Crippen molar-refractivity contribution in [1.29, 1.82) is 5.26 Å². The van der Waals surface area contributed by atoms with Gasteiger partial charge >= 0.3 is 0 Å². The molecule has 0 radical (unpaired) electrons. The zero-order valence-electron chi connectivity index (χ0n) is 10.2. The van der Waals surface area contributed by atoms with Crippen LogP contribution in [0.3, 0.4) is 0 Å². The monoisotopic (exact) mass is 245 g/mol. The van der Waals surface area contributed by atoms with Crippen molar-refractivity contribution < 1.29 is 13.8 Å². The van der Waals surface area contributed by atoms with E-state index < -0.39 is 8.38 Å². The minimum atomic E-state index is -0.886. The van der Waals surface area contributed by atoms with E-state index in [0.29, 0.717) is 13.0 Å². The molecule has 1 fully saturated rings. The van der Waals surface area contributed by atoms with Crippen LogP contribution in [0.5, 0.6) is 0 Å². The van der Waals surface area contributed by atoms with E-state index >= 15 is 0 Å². The van der Waals surface area contributed by atoms with Gasteiger partial charge in [0.2, 0.25) is 0 Å². The van der Waals surface area contributed by atoms with Crippen LogP contribution >= 0.6 is 8.38 Å². The van der Waals surface area contributed by atoms with Crippen molar-refractivity contribution in [1.82, 2.24) is 0 Å². The molecule has 4 nitrogen and oxygen atoms in total. The summed E-state index contributed by atoms with van der Waals surface area (Å²) in [5.41, 5.74) is 0. The molecule has 4 unspecified atom stereocenters. The van der Waals surface area contributed by atoms with Gasteiger partial charge in [-0.3, -0.25) is 0 Å². The van der Waals surface area contributed by atoms with E-state index in [-0.39, 0.29) is 18.3 Å². The molecule has 5 heteroatoms. The van der Waals surface area contributed by atoms with Gasteiger partial charge < -0.3 is 13.8 Å². The Balaban J connectivity index is 2.27. The Morgan fingerprint density at radius 2 is 2.31 bits per heavy atom. The second-order valence-corrected chi connectivity index (χ2v) is 5.30. The Kier molecular flexibility index (Phi) is 6.23. The van der Waals surface area contributed by atoms with E-state index in [1.807, 2.05) is 12.7 Å². The number of hydrogen-bond acceptors (Lipinski definition) is 4. The second kappa shape index (κ2) is 7.19. The van der Waals surface area contributed by atoms with E-state index in [4.69, 9.17) is 19.0 Å². The molecule has 1 saturated heterocycles. The summed E-state index contributed by atoms with van der Waals surface area (Å²) in [5, 5.41) is 8.39. The molecule has 16 heavy (non-hydrogen) atoms. The van der Waals surface area contributed by atoms with Gasteiger partial charge in [0.25, 0.3) is 0 Å². The van der Waals surface area contributed by atoms with Crippen LogP contribution in [0.15, 0.2) is 0 Å². The highest BCUT2D eigenvalue weighted by molar-refractivity contribution is 7.46. The number of ether oxygens (including phenoxy) is 1. The first-order valence-electron chi connectivity index (χ1n) is 5.73. The van der Waals surface area contributed by atoms with Crippen LogP contribution in [0, 0.1) is 11.3 Å². The van der Waals surface area contributed by atoms with E-state index in [2.05, 4.69) is 13.8 Å². The van der Waals surface area contributed by atoms with Crippen LogP contribution in [0.4, 0.5) is 0 Å². The summed E-state index contributed by atoms with van der Waals surface area (Å²) in [7, 11) is -0.886. The number of hydrogen-bond donors (Lipinski definition) is 0. The molecule has 0 N–H and O–H groups in total. The zero-order chi connectivity index (χ0) is 12.0. The molecule has 1 aliphatic heterocycles. The molecule has 92 valence electrons. The molecule has 0 aliphatic carbocycles. The number of nitriles is 1. The topological polar surface area (TPSA) is 51.5 Å². The Morgan fingerprint density at radius 3 is 2.94 bits per heavy atom. The molecule has 0 bridgehead atoms. The molecular weight excluding hydrogens is 225 g/mol. The highest BCUT2D eigenvalue weighted by Crippen LogP contribution is 2.40. The van der Waals surface area contributed by atoms with Crippen LogP contribution in [-0.2, 0) is 13.8 Å². The molecule has 1 aliphatic rings. The van der Waals surface area contributed by atoms with Gasteiger partial charge in [-0.25, -0.2) is 0 Å². The molecule has 0 saturated carbocycles. The quantitative estimate of drug-likeness (QED) is 0.533. The largest absolute Gasteiger partial charge is 0.372 e. The van der Waals surface area contributed by atoms with Crippen molar-refractivity contribution in [3.63, 3.8) is 0 Å². The maximum Gasteiger partial charge on any atom is 0.167 e. The smallest absolute Gasteiger partial charge is 0.167 e. The summed E-state index contributed by atoms with van der Waals surface area (Å²) in [4.78, 5) is 0. The average Bonchev–Trinajstić information content (AvgIpc) is 2.59. The lowest BCUT2D eigenvalue weighted by atomic mass is 10.1. The molecule has 0 amide bonds. The summed E-state index contributed by atoms with van der Waals surface area (Å²) < 4.78 is 17.0. The van der Waals surface area contributed by atoms with Gasteiger partial charge in [0.1, 0.15) is 0 Å². The van der Waals surface area contributed by atoms with Gasteiger partial charge in [0.15, 0.2) is 8.38 Å². The lowest BCUT2D eigenvalue weighted by molar-refractivity contribution is 0.0210. The second-order valence-electron chi connectivity index (χ2n) is 3.95. The molecule has 1 rings (SSSR count). The minimum absolute atomic E-state index is 0.151. The lowest BCUT2D eigenvalue weighted by Crippen LogP contribution is -2.22. The summed E-state index contributed by atoms with van der Waals surface area (Å²) in [5.74, 6) is 0. The minimum Gasteiger partial charge on any atom is -0.372 e. The van der Waals surface area contributed by atoms with Crippen LogP contribution < -0.4 is 0 Å². The van der Waals surface area contributed by atoms with Crippen molar-refractivity contribution in [2.45, 2.75) is 51.4 Å². The van der Waals surface area contributed by atoms with Gasteiger partial charge in [0, 0.05) is 13.1 Å². The Hall–Kier alpha value is -0.200. The van der Waals surface area contributed by atoms with Crippen LogP contribution in [0.2, 0.25) is 0 Å². The molecular formula is C11H20NO3P. The fourth-order valence-corrected chi connectivity index (χ4v) is 2.84. The van der Waals surface area contributed by atoms with Crippen LogP contribution in [0.25, 0.3) is 0 Å². The predicted molar refractivity (Wildman–Crippen MR) is 63.1 cm³/mol. The zero-order valence-corrected chi connectivity index (χ0v) is 11.1. The summed E-state index contributed by atoms with van der Waals surface area (Å²) in [6, 6.07) is 2.05. The first kappa shape index (κ1) is 13.9. The highest BCUT2D eigenvalue weighted by atomic mass is 31.2. The van der Waals surface area contributed by atoms with E-state index in [1.54, 1.807) is 0 Å². The number of rotatable bonds is 6. The Labute approximate surface area is 98.8 Å². The third kappa shape index (κ3) is 4.35. The standard InChI is InChI=1S/C11H20NO3P/c1-4-10-11(8-9(2)14-10)15-16(3)13-7-5-6-12/h9-11H,4-5,7-8H2,1-3H3. The summed E-state index contributed by atoms with van der Waals surface area (Å²) in [6.07, 6.45) is 2.95. The third-order valence-corrected chi connectivity index (χ3v) is 3.67. The number of nitrogens with zero attached hydrogens (tertiary/aromatic N) is 1. The van der Waals surface area contributed by atoms with Gasteiger partial charge in [-0.1, -0.05) is 6.92 Å². The SMILES string of the molecule is CCC1OC(C)CC1OP(C)OCCC#N. The summed E-state index contributed by atoms with van der Waals surface area (Å²) >= 11 is 0. The molecule has 0 spiro atoms. The van der Waals surface area contributed by atoms with Crippen molar-refractivity contribution >= 4 is 8.38 Å². The van der Waals surface area contributed by atoms with E-state index in [1.165, 1.54) is 0 Å². The summed E-state index contributed by atoms with van der Waals surface area (Å²) in [6.45, 7) is 6.56. The molecule has 0 aromatic carbocycles. The molecule has 1 heterocycles. The van der Waals surface area contributed by atoms with Gasteiger partial charge in [-0.05, 0) is 13.3 Å². The van der Waals surface area contributed by atoms with Crippen molar-refractivity contribution in [2.75, 3.05) is 13.3 Å². The molecule has 0 aromatic heterocycles. The molecule has 0 aromatic rings. The lowest BCUT2D eigenvalue weighted by Gasteiger charge is -2.21. The first-order valence-corrected chi connectivity index (χ1v) is 7.35. The fourth-order valence-electron chi connectivity index (χ4n) is 1.83. The van der Waals surface area contributed by atoms with E-state index in [0.717, 1.165) is 12.8 Å². The highest BCUT2D eigenvalue weighted by Gasteiger charge is 2.33. The van der Waals surface area contributed by atoms with Gasteiger partial charge in [-0.2, -0.15) is 5.26 Å². The first-order chi connectivity index (χ1) is 7.67. The Bertz CT molecular complexity index is 244. The average molecular weight is 245 g/mol. The predicted octanol–water partition coefficient (Wildman–Crippen LogP) is 2.83.